The highest BCUT2D eigenvalue weighted by Crippen LogP contribution is 2.26. The zero-order chi connectivity index (χ0) is 20.5. The fraction of sp³-hybridized carbons (Fsp3) is 0.167. The summed E-state index contributed by atoms with van der Waals surface area (Å²) in [6.45, 7) is 6.03. The molecule has 0 aliphatic carbocycles. The van der Waals surface area contributed by atoms with Crippen molar-refractivity contribution in [1.82, 2.24) is 4.98 Å². The van der Waals surface area contributed by atoms with E-state index in [0.29, 0.717) is 5.56 Å². The predicted molar refractivity (Wildman–Crippen MR) is 114 cm³/mol. The van der Waals surface area contributed by atoms with Crippen molar-refractivity contribution in [3.05, 3.63) is 99.2 Å². The molecule has 0 radical (unpaired) electrons. The van der Waals surface area contributed by atoms with E-state index in [-0.39, 0.29) is 23.8 Å². The summed E-state index contributed by atoms with van der Waals surface area (Å²) in [4.78, 5) is 30.6. The number of aryl methyl sites for hydroxylation is 3. The summed E-state index contributed by atoms with van der Waals surface area (Å²) in [7, 11) is 0. The summed E-state index contributed by atoms with van der Waals surface area (Å²) in [6.07, 6.45) is 1.47. The first kappa shape index (κ1) is 18.7. The largest absolute Gasteiger partial charge is 0.459 e. The van der Waals surface area contributed by atoms with Crippen LogP contribution >= 0.6 is 0 Å². The lowest BCUT2D eigenvalue weighted by molar-refractivity contribution is 0.0958. The molecule has 29 heavy (non-hydrogen) atoms. The molecule has 0 spiro atoms. The van der Waals surface area contributed by atoms with E-state index in [1.807, 2.05) is 63.2 Å². The van der Waals surface area contributed by atoms with Gasteiger partial charge < -0.3 is 14.3 Å². The predicted octanol–water partition coefficient (Wildman–Crippen LogP) is 4.89. The lowest BCUT2D eigenvalue weighted by Gasteiger charge is -2.24. The van der Waals surface area contributed by atoms with Crippen molar-refractivity contribution in [2.75, 3.05) is 4.90 Å². The van der Waals surface area contributed by atoms with Crippen molar-refractivity contribution in [3.63, 3.8) is 0 Å². The number of anilines is 1. The Morgan fingerprint density at radius 2 is 1.83 bits per heavy atom. The lowest BCUT2D eigenvalue weighted by atomic mass is 10.1. The zero-order valence-electron chi connectivity index (χ0n) is 16.7. The topological polar surface area (TPSA) is 66.3 Å². The standard InChI is InChI=1S/C24H22N2O3/c1-15-9-10-16(2)20(12-15)26(24(28)21-8-5-11-29-21)14-19-13-18-7-4-6-17(3)22(18)25-23(19)27/h4-13H,14H2,1-3H3,(H,25,27). The highest BCUT2D eigenvalue weighted by atomic mass is 16.3. The van der Waals surface area contributed by atoms with Gasteiger partial charge in [-0.3, -0.25) is 9.59 Å². The Kier molecular flexibility index (Phi) is 4.80. The number of fused-ring (bicyclic) bond motifs is 1. The summed E-state index contributed by atoms with van der Waals surface area (Å²) in [5.74, 6) is -0.0496. The van der Waals surface area contributed by atoms with Gasteiger partial charge in [0.15, 0.2) is 5.76 Å². The Morgan fingerprint density at radius 1 is 1.00 bits per heavy atom. The van der Waals surface area contributed by atoms with Crippen LogP contribution in [-0.2, 0) is 6.54 Å². The Bertz CT molecular complexity index is 1250. The number of nitrogens with one attached hydrogen (secondary N) is 1. The van der Waals surface area contributed by atoms with E-state index in [1.54, 1.807) is 17.0 Å². The molecule has 146 valence electrons. The average molecular weight is 386 g/mol. The molecule has 1 amide bonds. The summed E-state index contributed by atoms with van der Waals surface area (Å²) in [6, 6.07) is 17.0. The highest BCUT2D eigenvalue weighted by molar-refractivity contribution is 6.04. The second kappa shape index (κ2) is 7.43. The molecular weight excluding hydrogens is 364 g/mol. The van der Waals surface area contributed by atoms with E-state index >= 15 is 0 Å². The number of furan rings is 1. The number of benzene rings is 2. The molecule has 2 aromatic heterocycles. The number of H-pyrrole nitrogens is 1. The van der Waals surface area contributed by atoms with Gasteiger partial charge in [0, 0.05) is 11.3 Å². The van der Waals surface area contributed by atoms with Crippen LogP contribution in [0.2, 0.25) is 0 Å². The van der Waals surface area contributed by atoms with Crippen LogP contribution in [0, 0.1) is 20.8 Å². The molecule has 0 fully saturated rings. The maximum atomic E-state index is 13.2. The van der Waals surface area contributed by atoms with Crippen molar-refractivity contribution in [2.45, 2.75) is 27.3 Å². The van der Waals surface area contributed by atoms with E-state index in [2.05, 4.69) is 4.98 Å². The van der Waals surface area contributed by atoms with Gasteiger partial charge in [-0.25, -0.2) is 0 Å². The van der Waals surface area contributed by atoms with E-state index in [0.717, 1.165) is 33.3 Å². The number of hydrogen-bond acceptors (Lipinski definition) is 3. The van der Waals surface area contributed by atoms with Crippen LogP contribution in [0.5, 0.6) is 0 Å². The molecule has 4 aromatic rings. The van der Waals surface area contributed by atoms with Crippen molar-refractivity contribution in [2.24, 2.45) is 0 Å². The SMILES string of the molecule is Cc1ccc(C)c(N(Cc2cc3cccc(C)c3[nH]c2=O)C(=O)c2ccco2)c1. The van der Waals surface area contributed by atoms with Gasteiger partial charge in [0.1, 0.15) is 0 Å². The molecule has 0 aliphatic rings. The highest BCUT2D eigenvalue weighted by Gasteiger charge is 2.23. The third-order valence-corrected chi connectivity index (χ3v) is 5.13. The maximum absolute atomic E-state index is 13.2. The molecule has 0 aliphatic heterocycles. The Labute approximate surface area is 168 Å². The van der Waals surface area contributed by atoms with Gasteiger partial charge in [0.05, 0.1) is 18.3 Å². The van der Waals surface area contributed by atoms with Gasteiger partial charge in [0.25, 0.3) is 11.5 Å². The third kappa shape index (κ3) is 3.59. The van der Waals surface area contributed by atoms with Crippen LogP contribution < -0.4 is 10.5 Å². The maximum Gasteiger partial charge on any atom is 0.294 e. The van der Waals surface area contributed by atoms with Crippen LogP contribution in [0.4, 0.5) is 5.69 Å². The van der Waals surface area contributed by atoms with Gasteiger partial charge in [0.2, 0.25) is 0 Å². The minimum absolute atomic E-state index is 0.142. The first-order valence-corrected chi connectivity index (χ1v) is 9.48. The number of carbonyl (C=O) groups is 1. The van der Waals surface area contributed by atoms with Gasteiger partial charge in [-0.15, -0.1) is 0 Å². The summed E-state index contributed by atoms with van der Waals surface area (Å²) >= 11 is 0. The molecule has 1 N–H and O–H groups in total. The van der Waals surface area contributed by atoms with Crippen molar-refractivity contribution in [3.8, 4) is 0 Å². The third-order valence-electron chi connectivity index (χ3n) is 5.13. The van der Waals surface area contributed by atoms with Crippen LogP contribution in [0.1, 0.15) is 32.8 Å². The smallest absolute Gasteiger partial charge is 0.294 e. The molecular formula is C24H22N2O3. The van der Waals surface area contributed by atoms with E-state index in [9.17, 15) is 9.59 Å². The molecule has 2 heterocycles. The minimum atomic E-state index is -0.285. The Balaban J connectivity index is 1.83. The first-order valence-electron chi connectivity index (χ1n) is 9.48. The lowest BCUT2D eigenvalue weighted by Crippen LogP contribution is -2.33. The van der Waals surface area contributed by atoms with Gasteiger partial charge >= 0.3 is 0 Å². The first-order chi connectivity index (χ1) is 13.9. The quantitative estimate of drug-likeness (QED) is 0.543. The Morgan fingerprint density at radius 3 is 2.59 bits per heavy atom. The fourth-order valence-electron chi connectivity index (χ4n) is 3.53. The number of rotatable bonds is 4. The molecule has 0 saturated heterocycles. The normalized spacial score (nSPS) is 11.0. The summed E-state index contributed by atoms with van der Waals surface area (Å²) in [5.41, 5.74) is 4.88. The minimum Gasteiger partial charge on any atom is -0.459 e. The van der Waals surface area contributed by atoms with Crippen LogP contribution in [-0.4, -0.2) is 10.9 Å². The zero-order valence-corrected chi connectivity index (χ0v) is 16.7. The summed E-state index contributed by atoms with van der Waals surface area (Å²) < 4.78 is 5.34. The van der Waals surface area contributed by atoms with Crippen molar-refractivity contribution < 1.29 is 9.21 Å². The van der Waals surface area contributed by atoms with Crippen LogP contribution in [0.15, 0.2) is 70.1 Å². The van der Waals surface area contributed by atoms with E-state index < -0.39 is 0 Å². The van der Waals surface area contributed by atoms with Gasteiger partial charge in [-0.2, -0.15) is 0 Å². The molecule has 0 atom stereocenters. The van der Waals surface area contributed by atoms with E-state index in [1.165, 1.54) is 6.26 Å². The van der Waals surface area contributed by atoms with Gasteiger partial charge in [-0.1, -0.05) is 30.3 Å². The van der Waals surface area contributed by atoms with E-state index in [4.69, 9.17) is 4.42 Å². The second-order valence-electron chi connectivity index (χ2n) is 7.32. The molecule has 2 aromatic carbocycles. The van der Waals surface area contributed by atoms with Crippen LogP contribution in [0.3, 0.4) is 0 Å². The number of hydrogen-bond donors (Lipinski definition) is 1. The monoisotopic (exact) mass is 386 g/mol. The molecule has 5 heteroatoms. The van der Waals surface area contributed by atoms with Crippen molar-refractivity contribution in [1.29, 1.82) is 0 Å². The van der Waals surface area contributed by atoms with Crippen LogP contribution in [0.25, 0.3) is 10.9 Å². The fourth-order valence-corrected chi connectivity index (χ4v) is 3.53. The number of aromatic nitrogens is 1. The molecule has 5 nitrogen and oxygen atoms in total. The number of nitrogens with zero attached hydrogens (tertiary/aromatic N) is 1. The number of aromatic amines is 1. The Hall–Kier alpha value is -3.60. The number of amides is 1. The average Bonchev–Trinajstić information content (AvgIpc) is 3.23. The number of pyridine rings is 1. The number of para-hydroxylation sites is 1. The van der Waals surface area contributed by atoms with Gasteiger partial charge in [-0.05, 0) is 67.1 Å². The van der Waals surface area contributed by atoms with Crippen molar-refractivity contribution >= 4 is 22.5 Å². The molecule has 0 saturated carbocycles. The summed E-state index contributed by atoms with van der Waals surface area (Å²) in [5, 5.41) is 0.936. The molecule has 0 unspecified atom stereocenters. The molecule has 4 rings (SSSR count). The molecule has 0 bridgehead atoms. The number of carbonyl (C=O) groups excluding carboxylic acids is 1. The second-order valence-corrected chi connectivity index (χ2v) is 7.32.